The largest absolute Gasteiger partial charge is 0.508 e. The number of phenols is 1. The number of nitrogens with two attached hydrogens (primary N) is 2. The maximum absolute atomic E-state index is 14.4. The molecule has 23 heteroatoms. The van der Waals surface area contributed by atoms with Crippen molar-refractivity contribution in [1.82, 2.24) is 41.8 Å². The molecule has 62 heavy (non-hydrogen) atoms. The molecule has 0 aliphatic carbocycles. The number of hydrogen-bond acceptors (Lipinski definition) is 13. The second kappa shape index (κ2) is 21.4. The number of aromatic nitrogens is 1. The lowest BCUT2D eigenvalue weighted by Crippen LogP contribution is -2.61. The molecule has 0 saturated carbocycles. The van der Waals surface area contributed by atoms with E-state index in [9.17, 15) is 57.9 Å². The van der Waals surface area contributed by atoms with Gasteiger partial charge < -0.3 is 68.6 Å². The van der Waals surface area contributed by atoms with Crippen molar-refractivity contribution in [3.8, 4) is 5.75 Å². The third-order valence-corrected chi connectivity index (χ3v) is 12.6. The molecule has 1 aromatic heterocycles. The van der Waals surface area contributed by atoms with Gasteiger partial charge in [0.2, 0.25) is 47.3 Å². The molecule has 0 spiro atoms. The van der Waals surface area contributed by atoms with Gasteiger partial charge in [0.25, 0.3) is 0 Å². The third kappa shape index (κ3) is 12.3. The van der Waals surface area contributed by atoms with Crippen LogP contribution in [0, 0.1) is 11.8 Å². The van der Waals surface area contributed by atoms with Crippen LogP contribution in [0.2, 0.25) is 0 Å². The molecule has 8 unspecified atom stereocenters. The summed E-state index contributed by atoms with van der Waals surface area (Å²) in [5.74, 6) is -9.12. The minimum Gasteiger partial charge on any atom is -0.508 e. The topological polar surface area (TPSA) is 358 Å². The highest BCUT2D eigenvalue weighted by Gasteiger charge is 2.44. The van der Waals surface area contributed by atoms with Gasteiger partial charge in [0.15, 0.2) is 0 Å². The average Bonchev–Trinajstić information content (AvgIpc) is 3.78. The van der Waals surface area contributed by atoms with Gasteiger partial charge in [-0.05, 0) is 43.9 Å². The van der Waals surface area contributed by atoms with Gasteiger partial charge in [0, 0.05) is 36.4 Å². The summed E-state index contributed by atoms with van der Waals surface area (Å²) < 4.78 is 14.4. The summed E-state index contributed by atoms with van der Waals surface area (Å²) in [5, 5.41) is 47.1. The van der Waals surface area contributed by atoms with Crippen molar-refractivity contribution in [2.24, 2.45) is 23.3 Å². The predicted molar refractivity (Wildman–Crippen MR) is 223 cm³/mol. The number of aliphatic hydroxyl groups is 2. The normalized spacial score (nSPS) is 25.9. The van der Waals surface area contributed by atoms with E-state index in [1.165, 1.54) is 26.0 Å². The minimum absolute atomic E-state index is 0.00634. The fourth-order valence-corrected chi connectivity index (χ4v) is 8.72. The van der Waals surface area contributed by atoms with Crippen LogP contribution in [0.25, 0.3) is 10.9 Å². The Morgan fingerprint density at radius 1 is 1.02 bits per heavy atom. The van der Waals surface area contributed by atoms with Crippen LogP contribution in [0.4, 0.5) is 0 Å². The number of phenolic OH excluding ortho intramolecular Hbond substituents is 1. The molecule has 2 aromatic rings. The number of carbonyl (C=O) groups excluding carboxylic acids is 8. The summed E-state index contributed by atoms with van der Waals surface area (Å²) in [4.78, 5) is 111. The maximum atomic E-state index is 14.4. The number of fused-ring (bicyclic) bond motifs is 4. The standard InChI is InChI=1S/C39H58N10O12S/c1-6-17(2)32(47-30(54)13-40)36(58)42-14-31(55)44-27-16-62(61)38-24(23-8-7-21(51)10-25(23)46-38)9-18(3)43-37(59)33(19(4)20(5)50)48-35(57)28-11-22(52)15-49(28)39(60)26(12-29(41)53)45-34(27)56/h7-8,10,17-20,22,26-28,32-33,46,50-52H,6,9,11-16,40H2,1-5H3,(H2,41,53)(H,42,58)(H,43,59)(H,44,55)(H,45,56)(H,47,54)(H,48,57)/t17?,18-,19+,20?,22?,26?,27+,28?,32?,33?,62?/m1/s1. The van der Waals surface area contributed by atoms with Crippen molar-refractivity contribution < 1.29 is 57.9 Å². The minimum atomic E-state index is -2.21. The van der Waals surface area contributed by atoms with E-state index in [4.69, 9.17) is 11.5 Å². The number of H-pyrrole nitrogens is 1. The smallest absolute Gasteiger partial charge is 0.246 e. The zero-order valence-electron chi connectivity index (χ0n) is 35.2. The molecule has 342 valence electrons. The molecule has 1 fully saturated rings. The highest BCUT2D eigenvalue weighted by atomic mass is 32.2. The summed E-state index contributed by atoms with van der Waals surface area (Å²) >= 11 is 0. The predicted octanol–water partition coefficient (Wildman–Crippen LogP) is -4.04. The Hall–Kier alpha value is -5.65. The zero-order valence-corrected chi connectivity index (χ0v) is 36.0. The lowest BCUT2D eigenvalue weighted by atomic mass is 9.94. The molecule has 2 aliphatic rings. The van der Waals surface area contributed by atoms with E-state index in [-0.39, 0.29) is 29.5 Å². The van der Waals surface area contributed by atoms with Gasteiger partial charge in [-0.15, -0.1) is 0 Å². The van der Waals surface area contributed by atoms with E-state index < -0.39 is 144 Å². The Balaban J connectivity index is 1.78. The molecule has 4 rings (SSSR count). The number of hydrogen-bond donors (Lipinski definition) is 12. The first kappa shape index (κ1) is 49.0. The molecule has 1 saturated heterocycles. The molecule has 2 aliphatic heterocycles. The second-order valence-corrected chi connectivity index (χ2v) is 17.4. The van der Waals surface area contributed by atoms with Gasteiger partial charge in [0.1, 0.15) is 41.0 Å². The quantitative estimate of drug-likeness (QED) is 0.0967. The number of aromatic hydroxyl groups is 1. The summed E-state index contributed by atoms with van der Waals surface area (Å²) in [7, 11) is -2.21. The maximum Gasteiger partial charge on any atom is 0.246 e. The molecule has 8 amide bonds. The Bertz CT molecular complexity index is 2060. The molecule has 22 nitrogen and oxygen atoms in total. The molecular formula is C39H58N10O12S. The first-order valence-electron chi connectivity index (χ1n) is 20.3. The van der Waals surface area contributed by atoms with E-state index >= 15 is 0 Å². The highest BCUT2D eigenvalue weighted by molar-refractivity contribution is 7.85. The van der Waals surface area contributed by atoms with Crippen LogP contribution < -0.4 is 43.4 Å². The van der Waals surface area contributed by atoms with Crippen LogP contribution >= 0.6 is 0 Å². The number of benzene rings is 1. The summed E-state index contributed by atoms with van der Waals surface area (Å²) in [6.45, 7) is 6.54. The van der Waals surface area contributed by atoms with Gasteiger partial charge in [-0.1, -0.05) is 27.2 Å². The molecule has 1 aromatic carbocycles. The zero-order chi connectivity index (χ0) is 46.2. The van der Waals surface area contributed by atoms with E-state index in [1.54, 1.807) is 26.8 Å². The molecule has 14 N–H and O–H groups in total. The van der Waals surface area contributed by atoms with E-state index in [1.807, 2.05) is 0 Å². The fourth-order valence-electron chi connectivity index (χ4n) is 7.32. The second-order valence-electron chi connectivity index (χ2n) is 16.0. The summed E-state index contributed by atoms with van der Waals surface area (Å²) in [6, 6.07) is -3.77. The molecule has 0 bridgehead atoms. The number of aliphatic hydroxyl groups excluding tert-OH is 2. The Labute approximate surface area is 359 Å². The number of aromatic amines is 1. The molecular weight excluding hydrogens is 833 g/mol. The number of primary amides is 1. The number of nitrogens with one attached hydrogen (secondary N) is 7. The number of rotatable bonds is 12. The fraction of sp³-hybridized carbons (Fsp3) is 0.590. The lowest BCUT2D eigenvalue weighted by Gasteiger charge is -2.32. The SMILES string of the molecule is CCC(C)C(NC(=O)CN)C(=O)NCC(=O)N[C@H]1CS(=O)c2[nH]c3cc(O)ccc3c2C[C@@H](C)NC(=O)C([C@@H](C)C(C)O)NC(=O)C2CC(O)CN2C(=O)C(CC(N)=O)NC1=O. The van der Waals surface area contributed by atoms with Gasteiger partial charge >= 0.3 is 0 Å². The van der Waals surface area contributed by atoms with Gasteiger partial charge in [0.05, 0.1) is 53.8 Å². The van der Waals surface area contributed by atoms with Crippen molar-refractivity contribution >= 4 is 69.0 Å². The molecule has 0 radical (unpaired) electrons. The van der Waals surface area contributed by atoms with E-state index in [0.717, 1.165) is 4.90 Å². The van der Waals surface area contributed by atoms with E-state index in [0.29, 0.717) is 22.9 Å². The molecule has 3 heterocycles. The number of amides is 8. The van der Waals surface area contributed by atoms with Crippen LogP contribution in [-0.2, 0) is 55.6 Å². The van der Waals surface area contributed by atoms with Gasteiger partial charge in [-0.3, -0.25) is 42.6 Å². The third-order valence-electron chi connectivity index (χ3n) is 11.1. The first-order chi connectivity index (χ1) is 29.1. The van der Waals surface area contributed by atoms with Crippen LogP contribution in [0.1, 0.15) is 59.4 Å². The van der Waals surface area contributed by atoms with Crippen molar-refractivity contribution in [3.05, 3.63) is 23.8 Å². The monoisotopic (exact) mass is 890 g/mol. The first-order valence-corrected chi connectivity index (χ1v) is 21.6. The summed E-state index contributed by atoms with van der Waals surface area (Å²) in [5.41, 5.74) is 11.6. The van der Waals surface area contributed by atoms with Crippen molar-refractivity contribution in [2.75, 3.05) is 25.4 Å². The van der Waals surface area contributed by atoms with Gasteiger partial charge in [-0.25, -0.2) is 0 Å². The molecule has 11 atom stereocenters. The summed E-state index contributed by atoms with van der Waals surface area (Å²) in [6.07, 6.45) is -2.97. The van der Waals surface area contributed by atoms with Crippen LogP contribution in [0.15, 0.2) is 23.2 Å². The highest BCUT2D eigenvalue weighted by Crippen LogP contribution is 2.30. The Kier molecular flexibility index (Phi) is 16.9. The van der Waals surface area contributed by atoms with Crippen molar-refractivity contribution in [3.63, 3.8) is 0 Å². The average molecular weight is 891 g/mol. The Morgan fingerprint density at radius 2 is 1.71 bits per heavy atom. The number of carbonyl (C=O) groups is 8. The van der Waals surface area contributed by atoms with Crippen molar-refractivity contribution in [2.45, 2.75) is 114 Å². The Morgan fingerprint density at radius 3 is 2.34 bits per heavy atom. The van der Waals surface area contributed by atoms with Crippen LogP contribution in [0.5, 0.6) is 5.75 Å². The van der Waals surface area contributed by atoms with Crippen LogP contribution in [-0.4, -0.2) is 151 Å². The van der Waals surface area contributed by atoms with E-state index in [2.05, 4.69) is 36.9 Å². The van der Waals surface area contributed by atoms with Crippen molar-refractivity contribution in [1.29, 1.82) is 0 Å². The van der Waals surface area contributed by atoms with Gasteiger partial charge in [-0.2, -0.15) is 0 Å². The lowest BCUT2D eigenvalue weighted by molar-refractivity contribution is -0.143. The van der Waals surface area contributed by atoms with Crippen LogP contribution in [0.3, 0.4) is 0 Å². The number of nitrogens with zero attached hydrogens (tertiary/aromatic N) is 1.